The summed E-state index contributed by atoms with van der Waals surface area (Å²) >= 11 is 0. The van der Waals surface area contributed by atoms with Gasteiger partial charge in [0.1, 0.15) is 5.82 Å². The second-order valence-electron chi connectivity index (χ2n) is 7.42. The quantitative estimate of drug-likeness (QED) is 0.416. The molecule has 0 aliphatic rings. The summed E-state index contributed by atoms with van der Waals surface area (Å²) in [7, 11) is -3.98. The van der Waals surface area contributed by atoms with E-state index in [4.69, 9.17) is 0 Å². The number of sulfonamides is 1. The van der Waals surface area contributed by atoms with E-state index in [1.54, 1.807) is 12.1 Å². The Morgan fingerprint density at radius 2 is 1.69 bits per heavy atom. The van der Waals surface area contributed by atoms with Crippen molar-refractivity contribution >= 4 is 22.1 Å². The maximum atomic E-state index is 13.3. The molecular weight excluding hydrogens is 429 g/mol. The maximum absolute atomic E-state index is 13.3. The lowest BCUT2D eigenvalue weighted by atomic mass is 10.2. The van der Waals surface area contributed by atoms with Gasteiger partial charge in [0.05, 0.1) is 17.7 Å². The molecule has 1 amide bonds. The predicted molar refractivity (Wildman–Crippen MR) is 122 cm³/mol. The van der Waals surface area contributed by atoms with E-state index in [0.717, 1.165) is 21.0 Å². The number of amides is 1. The average Bonchev–Trinajstić information content (AvgIpc) is 2.75. The Kier molecular flexibility index (Phi) is 7.50. The first-order valence-electron chi connectivity index (χ1n) is 9.94. The van der Waals surface area contributed by atoms with Gasteiger partial charge in [-0.25, -0.2) is 18.2 Å². The zero-order valence-corrected chi connectivity index (χ0v) is 18.6. The fourth-order valence-corrected chi connectivity index (χ4v) is 4.39. The summed E-state index contributed by atoms with van der Waals surface area (Å²) < 4.78 is 40.7. The molecule has 166 valence electrons. The molecule has 3 rings (SSSR count). The number of rotatable bonds is 8. The van der Waals surface area contributed by atoms with Gasteiger partial charge in [0.2, 0.25) is 10.0 Å². The van der Waals surface area contributed by atoms with Gasteiger partial charge in [-0.15, -0.1) is 0 Å². The first-order chi connectivity index (χ1) is 15.2. The summed E-state index contributed by atoms with van der Waals surface area (Å²) in [6, 6.07) is 19.4. The molecule has 0 atom stereocenters. The van der Waals surface area contributed by atoms with Crippen LogP contribution in [0.25, 0.3) is 0 Å². The van der Waals surface area contributed by atoms with Gasteiger partial charge >= 0.3 is 0 Å². The fourth-order valence-electron chi connectivity index (χ4n) is 3.00. The number of aryl methyl sites for hydroxylation is 2. The smallest absolute Gasteiger partial charge is 0.255 e. The Bertz CT molecular complexity index is 1210. The highest BCUT2D eigenvalue weighted by Crippen LogP contribution is 2.19. The molecule has 6 nitrogen and oxygen atoms in total. The standard InChI is InChI=1S/C24H24FN3O3S/c1-18-6-12-23(13-7-18)32(30,31)28(16-20-8-10-22(25)11-9-20)17-24(29)27-26-15-21-5-3-4-19(2)14-21/h3-15H,16-17H2,1-2H3,(H,27,29). The van der Waals surface area contributed by atoms with Crippen LogP contribution in [-0.4, -0.2) is 31.4 Å². The van der Waals surface area contributed by atoms with Gasteiger partial charge < -0.3 is 0 Å². The molecular formula is C24H24FN3O3S. The normalized spacial score (nSPS) is 11.8. The highest BCUT2D eigenvalue weighted by molar-refractivity contribution is 7.89. The number of halogens is 1. The van der Waals surface area contributed by atoms with Crippen molar-refractivity contribution in [1.82, 2.24) is 9.73 Å². The maximum Gasteiger partial charge on any atom is 0.255 e. The highest BCUT2D eigenvalue weighted by Gasteiger charge is 2.27. The summed E-state index contributed by atoms with van der Waals surface area (Å²) in [4.78, 5) is 12.6. The zero-order chi connectivity index (χ0) is 23.1. The molecule has 0 aromatic heterocycles. The van der Waals surface area contributed by atoms with E-state index >= 15 is 0 Å². The van der Waals surface area contributed by atoms with Crippen molar-refractivity contribution in [2.45, 2.75) is 25.3 Å². The molecule has 0 aliphatic heterocycles. The van der Waals surface area contributed by atoms with Crippen LogP contribution in [0.3, 0.4) is 0 Å². The Morgan fingerprint density at radius 3 is 2.34 bits per heavy atom. The third kappa shape index (κ3) is 6.32. The molecule has 0 heterocycles. The molecule has 0 spiro atoms. The highest BCUT2D eigenvalue weighted by atomic mass is 32.2. The third-order valence-corrected chi connectivity index (χ3v) is 6.50. The van der Waals surface area contributed by atoms with E-state index in [1.165, 1.54) is 42.6 Å². The first-order valence-corrected chi connectivity index (χ1v) is 11.4. The van der Waals surface area contributed by atoms with Crippen molar-refractivity contribution < 1.29 is 17.6 Å². The van der Waals surface area contributed by atoms with E-state index in [1.807, 2.05) is 38.1 Å². The summed E-state index contributed by atoms with van der Waals surface area (Å²) in [5.41, 5.74) is 5.70. The minimum atomic E-state index is -3.98. The number of carbonyl (C=O) groups excluding carboxylic acids is 1. The lowest BCUT2D eigenvalue weighted by Crippen LogP contribution is -2.39. The van der Waals surface area contributed by atoms with Gasteiger partial charge in [-0.2, -0.15) is 9.41 Å². The Hall–Kier alpha value is -3.36. The zero-order valence-electron chi connectivity index (χ0n) is 17.8. The topological polar surface area (TPSA) is 78.8 Å². The van der Waals surface area contributed by atoms with Crippen molar-refractivity contribution in [3.05, 3.63) is 101 Å². The molecule has 0 bridgehead atoms. The molecule has 0 unspecified atom stereocenters. The summed E-state index contributed by atoms with van der Waals surface area (Å²) in [6.07, 6.45) is 1.49. The molecule has 0 aliphatic carbocycles. The second kappa shape index (κ2) is 10.3. The molecule has 3 aromatic carbocycles. The molecule has 32 heavy (non-hydrogen) atoms. The second-order valence-corrected chi connectivity index (χ2v) is 9.36. The minimum Gasteiger partial charge on any atom is -0.272 e. The van der Waals surface area contributed by atoms with Crippen LogP contribution in [0.4, 0.5) is 4.39 Å². The van der Waals surface area contributed by atoms with Crippen LogP contribution in [0, 0.1) is 19.7 Å². The first kappa shape index (κ1) is 23.3. The minimum absolute atomic E-state index is 0.0706. The largest absolute Gasteiger partial charge is 0.272 e. The van der Waals surface area contributed by atoms with E-state index < -0.39 is 28.3 Å². The monoisotopic (exact) mass is 453 g/mol. The fraction of sp³-hybridized carbons (Fsp3) is 0.167. The average molecular weight is 454 g/mol. The van der Waals surface area contributed by atoms with Crippen molar-refractivity contribution in [1.29, 1.82) is 0 Å². The Balaban J connectivity index is 1.79. The van der Waals surface area contributed by atoms with Crippen LogP contribution in [0.15, 0.2) is 82.8 Å². The summed E-state index contributed by atoms with van der Waals surface area (Å²) in [6.45, 7) is 3.26. The number of hydrazone groups is 1. The lowest BCUT2D eigenvalue weighted by molar-refractivity contribution is -0.121. The molecule has 8 heteroatoms. The molecule has 1 N–H and O–H groups in total. The number of hydrogen-bond donors (Lipinski definition) is 1. The Labute approximate surface area is 187 Å². The molecule has 0 radical (unpaired) electrons. The van der Waals surface area contributed by atoms with Gasteiger partial charge in [-0.1, -0.05) is 59.7 Å². The molecule has 0 saturated carbocycles. The van der Waals surface area contributed by atoms with E-state index in [2.05, 4.69) is 10.5 Å². The van der Waals surface area contributed by atoms with Crippen LogP contribution in [0.2, 0.25) is 0 Å². The van der Waals surface area contributed by atoms with E-state index in [0.29, 0.717) is 5.56 Å². The van der Waals surface area contributed by atoms with E-state index in [9.17, 15) is 17.6 Å². The Morgan fingerprint density at radius 1 is 1.00 bits per heavy atom. The van der Waals surface area contributed by atoms with Gasteiger partial charge in [-0.05, 0) is 49.2 Å². The predicted octanol–water partition coefficient (Wildman–Crippen LogP) is 3.78. The van der Waals surface area contributed by atoms with Gasteiger partial charge in [-0.3, -0.25) is 4.79 Å². The number of benzene rings is 3. The summed E-state index contributed by atoms with van der Waals surface area (Å²) in [5.74, 6) is -1.02. The third-order valence-electron chi connectivity index (χ3n) is 4.70. The van der Waals surface area contributed by atoms with Gasteiger partial charge in [0.15, 0.2) is 0 Å². The van der Waals surface area contributed by atoms with Crippen molar-refractivity contribution in [2.24, 2.45) is 5.10 Å². The number of carbonyl (C=O) groups is 1. The molecule has 0 fully saturated rings. The van der Waals surface area contributed by atoms with Crippen LogP contribution in [0.5, 0.6) is 0 Å². The van der Waals surface area contributed by atoms with Crippen molar-refractivity contribution in [3.8, 4) is 0 Å². The number of hydrogen-bond acceptors (Lipinski definition) is 4. The molecule has 3 aromatic rings. The van der Waals surface area contributed by atoms with Gasteiger partial charge in [0.25, 0.3) is 5.91 Å². The lowest BCUT2D eigenvalue weighted by Gasteiger charge is -2.21. The van der Waals surface area contributed by atoms with Gasteiger partial charge in [0, 0.05) is 6.54 Å². The molecule has 0 saturated heterocycles. The van der Waals surface area contributed by atoms with Crippen molar-refractivity contribution in [2.75, 3.05) is 6.54 Å². The number of nitrogens with one attached hydrogen (secondary N) is 1. The van der Waals surface area contributed by atoms with Crippen LogP contribution < -0.4 is 5.43 Å². The SMILES string of the molecule is Cc1ccc(S(=O)(=O)N(CC(=O)NN=Cc2cccc(C)c2)Cc2ccc(F)cc2)cc1. The van der Waals surface area contributed by atoms with Crippen molar-refractivity contribution in [3.63, 3.8) is 0 Å². The summed E-state index contributed by atoms with van der Waals surface area (Å²) in [5, 5.41) is 3.93. The number of nitrogens with zero attached hydrogens (tertiary/aromatic N) is 2. The van der Waals surface area contributed by atoms with Crippen LogP contribution in [-0.2, 0) is 21.4 Å². The van der Waals surface area contributed by atoms with E-state index in [-0.39, 0.29) is 11.4 Å². The van der Waals surface area contributed by atoms with Crippen LogP contribution >= 0.6 is 0 Å². The van der Waals surface area contributed by atoms with Crippen LogP contribution in [0.1, 0.15) is 22.3 Å².